The van der Waals surface area contributed by atoms with Gasteiger partial charge in [-0.25, -0.2) is 15.0 Å². The number of aromatic nitrogens is 4. The number of hydrogen-bond acceptors (Lipinski definition) is 6. The van der Waals surface area contributed by atoms with Gasteiger partial charge >= 0.3 is 0 Å². The molecule has 3 aromatic heterocycles. The monoisotopic (exact) mass is 416 g/mol. The Morgan fingerprint density at radius 2 is 1.97 bits per heavy atom. The summed E-state index contributed by atoms with van der Waals surface area (Å²) in [6, 6.07) is 10.7. The molecule has 0 radical (unpaired) electrons. The number of aryl methyl sites for hydroxylation is 1. The maximum absolute atomic E-state index is 9.78. The zero-order chi connectivity index (χ0) is 21.4. The van der Waals surface area contributed by atoms with Gasteiger partial charge < -0.3 is 20.3 Å². The van der Waals surface area contributed by atoms with Gasteiger partial charge in [0.15, 0.2) is 5.65 Å². The van der Waals surface area contributed by atoms with Crippen LogP contribution in [0.25, 0.3) is 22.1 Å². The molecule has 0 saturated heterocycles. The van der Waals surface area contributed by atoms with Gasteiger partial charge in [0.2, 0.25) is 0 Å². The van der Waals surface area contributed by atoms with Crippen LogP contribution in [0.15, 0.2) is 42.7 Å². The molecule has 0 amide bonds. The lowest BCUT2D eigenvalue weighted by atomic mass is 9.92. The summed E-state index contributed by atoms with van der Waals surface area (Å²) in [5.41, 5.74) is 5.03. The van der Waals surface area contributed by atoms with Crippen molar-refractivity contribution in [3.8, 4) is 0 Å². The molecule has 7 nitrogen and oxygen atoms in total. The van der Waals surface area contributed by atoms with E-state index in [4.69, 9.17) is 9.97 Å². The summed E-state index contributed by atoms with van der Waals surface area (Å²) in [7, 11) is 2.08. The van der Waals surface area contributed by atoms with Gasteiger partial charge in [0, 0.05) is 36.7 Å². The van der Waals surface area contributed by atoms with Crippen molar-refractivity contribution in [1.82, 2.24) is 19.9 Å². The molecular formula is C24H28N6O. The highest BCUT2D eigenvalue weighted by Crippen LogP contribution is 2.27. The summed E-state index contributed by atoms with van der Waals surface area (Å²) in [6.45, 7) is 2.79. The lowest BCUT2D eigenvalue weighted by Gasteiger charge is -2.33. The van der Waals surface area contributed by atoms with E-state index in [1.54, 1.807) is 6.20 Å². The standard InChI is InChI=1S/C24H28N6O/c1-15-12-25-19-5-3-4-16(23(15)19)13-27-21-14-26-20-10-11-22(29-24(20)28-21)30(2)17-6-8-18(31)9-7-17/h3-5,10-12,14,17-18,25,31H,6-9,13H2,1-2H3,(H,27,28,29). The van der Waals surface area contributed by atoms with Crippen molar-refractivity contribution in [2.24, 2.45) is 0 Å². The Balaban J connectivity index is 1.36. The first kappa shape index (κ1) is 19.8. The summed E-state index contributed by atoms with van der Waals surface area (Å²) < 4.78 is 0. The van der Waals surface area contributed by atoms with E-state index in [1.165, 1.54) is 16.5 Å². The third-order valence-electron chi connectivity index (χ3n) is 6.42. The molecule has 1 aliphatic rings. The molecule has 0 spiro atoms. The number of fused-ring (bicyclic) bond motifs is 2. The minimum atomic E-state index is -0.158. The zero-order valence-electron chi connectivity index (χ0n) is 18.0. The minimum Gasteiger partial charge on any atom is -0.393 e. The Morgan fingerprint density at radius 3 is 2.81 bits per heavy atom. The van der Waals surface area contributed by atoms with Gasteiger partial charge in [0.25, 0.3) is 0 Å². The van der Waals surface area contributed by atoms with Crippen LogP contribution in [0.4, 0.5) is 11.6 Å². The first-order valence-electron chi connectivity index (χ1n) is 10.9. The summed E-state index contributed by atoms with van der Waals surface area (Å²) in [5.74, 6) is 1.61. The van der Waals surface area contributed by atoms with Crippen LogP contribution in [0.5, 0.6) is 0 Å². The number of nitrogens with zero attached hydrogens (tertiary/aromatic N) is 4. The van der Waals surface area contributed by atoms with E-state index >= 15 is 0 Å². The molecule has 3 N–H and O–H groups in total. The molecule has 5 rings (SSSR count). The third-order valence-corrected chi connectivity index (χ3v) is 6.42. The van der Waals surface area contributed by atoms with E-state index in [0.717, 1.165) is 42.5 Å². The van der Waals surface area contributed by atoms with Gasteiger partial charge in [-0.05, 0) is 61.9 Å². The van der Waals surface area contributed by atoms with Gasteiger partial charge in [-0.3, -0.25) is 0 Å². The second-order valence-electron chi connectivity index (χ2n) is 8.51. The zero-order valence-corrected chi connectivity index (χ0v) is 18.0. The van der Waals surface area contributed by atoms with Gasteiger partial charge in [-0.1, -0.05) is 12.1 Å². The number of benzene rings is 1. The number of anilines is 2. The molecular weight excluding hydrogens is 388 g/mol. The number of H-pyrrole nitrogens is 1. The summed E-state index contributed by atoms with van der Waals surface area (Å²) in [5, 5.41) is 14.4. The van der Waals surface area contributed by atoms with Crippen molar-refractivity contribution in [2.45, 2.75) is 51.3 Å². The molecule has 4 aromatic rings. The highest BCUT2D eigenvalue weighted by atomic mass is 16.3. The van der Waals surface area contributed by atoms with Crippen LogP contribution >= 0.6 is 0 Å². The molecule has 1 saturated carbocycles. The van der Waals surface area contributed by atoms with E-state index in [2.05, 4.69) is 52.4 Å². The smallest absolute Gasteiger partial charge is 0.182 e. The fourth-order valence-corrected chi connectivity index (χ4v) is 4.58. The molecule has 0 atom stereocenters. The van der Waals surface area contributed by atoms with Crippen LogP contribution in [0.1, 0.15) is 36.8 Å². The molecule has 7 heteroatoms. The largest absolute Gasteiger partial charge is 0.393 e. The number of pyridine rings is 1. The number of hydrogen-bond donors (Lipinski definition) is 3. The molecule has 3 heterocycles. The molecule has 1 aliphatic carbocycles. The van der Waals surface area contributed by atoms with Crippen molar-refractivity contribution in [3.63, 3.8) is 0 Å². The Labute approximate surface area is 181 Å². The maximum Gasteiger partial charge on any atom is 0.182 e. The summed E-state index contributed by atoms with van der Waals surface area (Å²) >= 11 is 0. The number of nitrogens with one attached hydrogen (secondary N) is 2. The average Bonchev–Trinajstić information content (AvgIpc) is 3.18. The molecule has 0 bridgehead atoms. The van der Waals surface area contributed by atoms with E-state index in [9.17, 15) is 5.11 Å². The molecule has 31 heavy (non-hydrogen) atoms. The lowest BCUT2D eigenvalue weighted by molar-refractivity contribution is 0.122. The van der Waals surface area contributed by atoms with Crippen molar-refractivity contribution in [1.29, 1.82) is 0 Å². The Hall–Kier alpha value is -3.19. The predicted octanol–water partition coefficient (Wildman–Crippen LogP) is 4.17. The van der Waals surface area contributed by atoms with Crippen molar-refractivity contribution in [2.75, 3.05) is 17.3 Å². The summed E-state index contributed by atoms with van der Waals surface area (Å²) in [6.07, 6.45) is 7.31. The molecule has 160 valence electrons. The van der Waals surface area contributed by atoms with E-state index in [0.29, 0.717) is 24.1 Å². The van der Waals surface area contributed by atoms with Crippen LogP contribution in [0, 0.1) is 6.92 Å². The van der Waals surface area contributed by atoms with E-state index in [1.807, 2.05) is 18.3 Å². The normalized spacial score (nSPS) is 19.1. The van der Waals surface area contributed by atoms with Gasteiger partial charge in [-0.15, -0.1) is 0 Å². The Bertz CT molecular complexity index is 1210. The topological polar surface area (TPSA) is 90.0 Å². The number of aliphatic hydroxyl groups is 1. The van der Waals surface area contributed by atoms with Crippen LogP contribution in [-0.2, 0) is 6.54 Å². The first-order chi connectivity index (χ1) is 15.1. The molecule has 0 aliphatic heterocycles. The number of aromatic amines is 1. The van der Waals surface area contributed by atoms with Crippen LogP contribution in [0.3, 0.4) is 0 Å². The SMILES string of the molecule is Cc1c[nH]c2cccc(CNc3cnc4ccc(N(C)C5CCC(O)CC5)nc4n3)c12. The fraction of sp³-hybridized carbons (Fsp3) is 0.375. The quantitative estimate of drug-likeness (QED) is 0.452. The second kappa shape index (κ2) is 8.15. The predicted molar refractivity (Wildman–Crippen MR) is 124 cm³/mol. The lowest BCUT2D eigenvalue weighted by Crippen LogP contribution is -2.36. The first-order valence-corrected chi connectivity index (χ1v) is 10.9. The minimum absolute atomic E-state index is 0.158. The van der Waals surface area contributed by atoms with Gasteiger partial charge in [0.05, 0.1) is 12.3 Å². The Kier molecular flexibility index (Phi) is 5.19. The van der Waals surface area contributed by atoms with Crippen LogP contribution in [0.2, 0.25) is 0 Å². The fourth-order valence-electron chi connectivity index (χ4n) is 4.58. The van der Waals surface area contributed by atoms with Gasteiger partial charge in [0.1, 0.15) is 17.2 Å². The molecule has 1 fully saturated rings. The Morgan fingerprint density at radius 1 is 1.13 bits per heavy atom. The highest BCUT2D eigenvalue weighted by Gasteiger charge is 2.23. The second-order valence-corrected chi connectivity index (χ2v) is 8.51. The van der Waals surface area contributed by atoms with Crippen LogP contribution < -0.4 is 10.2 Å². The highest BCUT2D eigenvalue weighted by molar-refractivity contribution is 5.86. The maximum atomic E-state index is 9.78. The van der Waals surface area contributed by atoms with Crippen LogP contribution in [-0.4, -0.2) is 44.2 Å². The number of rotatable bonds is 5. The molecule has 0 unspecified atom stereocenters. The van der Waals surface area contributed by atoms with Crippen molar-refractivity contribution < 1.29 is 5.11 Å². The van der Waals surface area contributed by atoms with Gasteiger partial charge in [-0.2, -0.15) is 0 Å². The summed E-state index contributed by atoms with van der Waals surface area (Å²) in [4.78, 5) is 19.6. The number of aliphatic hydroxyl groups excluding tert-OH is 1. The van der Waals surface area contributed by atoms with E-state index in [-0.39, 0.29) is 6.10 Å². The van der Waals surface area contributed by atoms with E-state index < -0.39 is 0 Å². The van der Waals surface area contributed by atoms with Crippen molar-refractivity contribution >= 4 is 33.7 Å². The molecule has 1 aromatic carbocycles. The van der Waals surface area contributed by atoms with Crippen molar-refractivity contribution in [3.05, 3.63) is 53.9 Å². The third kappa shape index (κ3) is 3.93. The average molecular weight is 417 g/mol.